The molecule has 166 valence electrons. The predicted molar refractivity (Wildman–Crippen MR) is 118 cm³/mol. The van der Waals surface area contributed by atoms with Crippen LogP contribution in [0.3, 0.4) is 0 Å². The van der Waals surface area contributed by atoms with Crippen molar-refractivity contribution in [3.63, 3.8) is 0 Å². The van der Waals surface area contributed by atoms with Gasteiger partial charge in [0.05, 0.1) is 12.2 Å². The molecule has 5 atom stereocenters. The van der Waals surface area contributed by atoms with Gasteiger partial charge in [0.15, 0.2) is 14.1 Å². The van der Waals surface area contributed by atoms with Gasteiger partial charge in [0.25, 0.3) is 0 Å². The van der Waals surface area contributed by atoms with E-state index < -0.39 is 31.4 Å². The quantitative estimate of drug-likeness (QED) is 0.365. The summed E-state index contributed by atoms with van der Waals surface area (Å²) in [7, 11) is -1.95. The minimum atomic E-state index is -1.95. The summed E-state index contributed by atoms with van der Waals surface area (Å²) in [6, 6.07) is 0. The van der Waals surface area contributed by atoms with Gasteiger partial charge in [0.2, 0.25) is 0 Å². The number of Topliss-reactive ketones (excluding diaryl/α,β-unsaturated/α-hetero) is 1. The second kappa shape index (κ2) is 6.88. The summed E-state index contributed by atoms with van der Waals surface area (Å²) in [4.78, 5) is 26.8. The van der Waals surface area contributed by atoms with Crippen molar-refractivity contribution in [2.24, 2.45) is 11.3 Å². The van der Waals surface area contributed by atoms with Gasteiger partial charge in [-0.25, -0.2) is 4.79 Å². The number of carbonyl (C=O) groups is 2. The van der Waals surface area contributed by atoms with E-state index in [1.165, 1.54) is 0 Å². The first-order valence-corrected chi connectivity index (χ1v) is 14.3. The molecule has 4 rings (SSSR count). The van der Waals surface area contributed by atoms with Crippen molar-refractivity contribution in [1.29, 1.82) is 0 Å². The molecule has 2 aliphatic carbocycles. The van der Waals surface area contributed by atoms with Crippen LogP contribution in [0.25, 0.3) is 0 Å². The van der Waals surface area contributed by atoms with E-state index in [0.717, 1.165) is 19.3 Å². The highest BCUT2D eigenvalue weighted by Crippen LogP contribution is 2.59. The van der Waals surface area contributed by atoms with Crippen LogP contribution < -0.4 is 0 Å². The molecular weight excluding hydrogens is 396 g/mol. The zero-order valence-corrected chi connectivity index (χ0v) is 20.5. The molecule has 6 heteroatoms. The van der Waals surface area contributed by atoms with E-state index in [2.05, 4.69) is 40.8 Å². The molecule has 1 spiro atoms. The number of ketones is 1. The maximum Gasteiger partial charge on any atom is 0.337 e. The van der Waals surface area contributed by atoms with Gasteiger partial charge in [-0.05, 0) is 62.7 Å². The Hall–Kier alpha value is -1.24. The maximum absolute atomic E-state index is 14.0. The van der Waals surface area contributed by atoms with Crippen molar-refractivity contribution < 1.29 is 23.5 Å². The van der Waals surface area contributed by atoms with Crippen LogP contribution in [0, 0.1) is 11.3 Å². The molecule has 0 aromatic heterocycles. The molecule has 0 saturated heterocycles. The van der Waals surface area contributed by atoms with Gasteiger partial charge in [-0.2, -0.15) is 0 Å². The Morgan fingerprint density at radius 1 is 1.27 bits per heavy atom. The van der Waals surface area contributed by atoms with E-state index in [1.54, 1.807) is 6.92 Å². The van der Waals surface area contributed by atoms with Gasteiger partial charge in [0, 0.05) is 17.1 Å². The smallest absolute Gasteiger partial charge is 0.337 e. The summed E-state index contributed by atoms with van der Waals surface area (Å²) in [5, 5.41) is 0.125. The summed E-state index contributed by atoms with van der Waals surface area (Å²) in [6.45, 7) is 15.5. The highest BCUT2D eigenvalue weighted by molar-refractivity contribution is 6.74. The fourth-order valence-corrected chi connectivity index (χ4v) is 6.99. The molecule has 2 heterocycles. The summed E-state index contributed by atoms with van der Waals surface area (Å²) >= 11 is 0. The van der Waals surface area contributed by atoms with E-state index in [0.29, 0.717) is 17.6 Å². The van der Waals surface area contributed by atoms with Crippen LogP contribution in [0.15, 0.2) is 23.3 Å². The van der Waals surface area contributed by atoms with E-state index in [1.807, 2.05) is 12.2 Å². The van der Waals surface area contributed by atoms with Gasteiger partial charge in [-0.1, -0.05) is 33.8 Å². The standard InChI is InChI=1S/C24H36O5Si/c1-8-27-21(26)18-17-11-14-24(28-17)13-9-15-16(29-30(6,7)22(2,3)4)10-12-23(15,5)20(25)19(18)24/h11,14-17H,8-10,12-13H2,1-7H3/t15-,16+,17+,23+,24-/m1/s1. The highest BCUT2D eigenvalue weighted by atomic mass is 28.4. The van der Waals surface area contributed by atoms with Crippen molar-refractivity contribution in [1.82, 2.24) is 0 Å². The SMILES string of the molecule is CCOC(=O)C1=C2C(=O)[C@@]3(C)CC[C@H](O[Si](C)(C)C(C)(C)C)[C@H]3CC[C@@]23C=C[C@@H]1O3. The summed E-state index contributed by atoms with van der Waals surface area (Å²) in [5.74, 6) is -0.196. The first-order valence-electron chi connectivity index (χ1n) is 11.4. The van der Waals surface area contributed by atoms with Gasteiger partial charge >= 0.3 is 5.97 Å². The molecule has 2 fully saturated rings. The Kier molecular flexibility index (Phi) is 5.04. The number of rotatable bonds is 4. The number of carbonyl (C=O) groups excluding carboxylic acids is 2. The van der Waals surface area contributed by atoms with E-state index in [9.17, 15) is 9.59 Å². The maximum atomic E-state index is 14.0. The molecule has 5 nitrogen and oxygen atoms in total. The van der Waals surface area contributed by atoms with Crippen LogP contribution in [0.2, 0.25) is 18.1 Å². The highest BCUT2D eigenvalue weighted by Gasteiger charge is 2.63. The minimum Gasteiger partial charge on any atom is -0.463 e. The molecule has 0 radical (unpaired) electrons. The lowest BCUT2D eigenvalue weighted by atomic mass is 9.72. The van der Waals surface area contributed by atoms with Crippen molar-refractivity contribution in [2.45, 2.75) is 96.2 Å². The molecule has 30 heavy (non-hydrogen) atoms. The lowest BCUT2D eigenvalue weighted by Gasteiger charge is -2.41. The Bertz CT molecular complexity index is 835. The Labute approximate surface area is 181 Å². The fraction of sp³-hybridized carbons (Fsp3) is 0.750. The van der Waals surface area contributed by atoms with Crippen LogP contribution in [-0.2, 0) is 23.5 Å². The van der Waals surface area contributed by atoms with Crippen LogP contribution in [0.1, 0.15) is 60.3 Å². The molecular formula is C24H36O5Si. The number of fused-ring (bicyclic) bond motifs is 2. The van der Waals surface area contributed by atoms with E-state index in [4.69, 9.17) is 13.9 Å². The average Bonchev–Trinajstić information content (AvgIpc) is 3.27. The summed E-state index contributed by atoms with van der Waals surface area (Å²) in [5.41, 5.74) is -0.296. The molecule has 0 N–H and O–H groups in total. The van der Waals surface area contributed by atoms with Crippen molar-refractivity contribution in [2.75, 3.05) is 6.61 Å². The van der Waals surface area contributed by atoms with Crippen molar-refractivity contribution >= 4 is 20.1 Å². The lowest BCUT2D eigenvalue weighted by molar-refractivity contribution is -0.139. The summed E-state index contributed by atoms with van der Waals surface area (Å²) < 4.78 is 18.4. The topological polar surface area (TPSA) is 61.8 Å². The molecule has 4 aliphatic rings. The Morgan fingerprint density at radius 3 is 2.60 bits per heavy atom. The largest absolute Gasteiger partial charge is 0.463 e. The monoisotopic (exact) mass is 432 g/mol. The molecule has 0 aromatic rings. The Morgan fingerprint density at radius 2 is 1.97 bits per heavy atom. The number of hydrogen-bond donors (Lipinski definition) is 0. The molecule has 2 bridgehead atoms. The third kappa shape index (κ3) is 3.01. The Balaban J connectivity index is 1.71. The normalized spacial score (nSPS) is 38.0. The van der Waals surface area contributed by atoms with Crippen LogP contribution in [0.5, 0.6) is 0 Å². The first kappa shape index (κ1) is 22.0. The zero-order chi connectivity index (χ0) is 22.1. The number of ether oxygens (including phenoxy) is 2. The molecule has 0 unspecified atom stereocenters. The van der Waals surface area contributed by atoms with E-state index in [-0.39, 0.29) is 29.5 Å². The van der Waals surface area contributed by atoms with Crippen molar-refractivity contribution in [3.05, 3.63) is 23.3 Å². The van der Waals surface area contributed by atoms with Gasteiger partial charge < -0.3 is 13.9 Å². The second-order valence-corrected chi connectivity index (χ2v) is 15.9. The third-order valence-electron chi connectivity index (χ3n) is 8.39. The average molecular weight is 433 g/mol. The van der Waals surface area contributed by atoms with Gasteiger partial charge in [-0.15, -0.1) is 0 Å². The minimum absolute atomic E-state index is 0.0706. The second-order valence-electron chi connectivity index (χ2n) is 11.1. The van der Waals surface area contributed by atoms with Crippen LogP contribution >= 0.6 is 0 Å². The van der Waals surface area contributed by atoms with Crippen molar-refractivity contribution in [3.8, 4) is 0 Å². The molecule has 0 amide bonds. The number of hydrogen-bond acceptors (Lipinski definition) is 5. The number of esters is 1. The lowest BCUT2D eigenvalue weighted by Crippen LogP contribution is -2.46. The van der Waals surface area contributed by atoms with Crippen LogP contribution in [-0.4, -0.2) is 44.5 Å². The summed E-state index contributed by atoms with van der Waals surface area (Å²) in [6.07, 6.45) is 6.80. The molecule has 2 aliphatic heterocycles. The predicted octanol–water partition coefficient (Wildman–Crippen LogP) is 4.72. The third-order valence-corrected chi connectivity index (χ3v) is 12.9. The van der Waals surface area contributed by atoms with Gasteiger partial charge in [0.1, 0.15) is 11.7 Å². The van der Waals surface area contributed by atoms with Crippen LogP contribution in [0.4, 0.5) is 0 Å². The fourth-order valence-electron chi connectivity index (χ4n) is 5.60. The first-order chi connectivity index (χ1) is 13.9. The van der Waals surface area contributed by atoms with Gasteiger partial charge in [-0.3, -0.25) is 4.79 Å². The zero-order valence-electron chi connectivity index (χ0n) is 19.5. The van der Waals surface area contributed by atoms with E-state index >= 15 is 0 Å². The molecule has 2 saturated carbocycles. The molecule has 0 aromatic carbocycles.